The van der Waals surface area contributed by atoms with Crippen molar-refractivity contribution in [3.05, 3.63) is 76.3 Å². The molecule has 0 aromatic heterocycles. The van der Waals surface area contributed by atoms with Gasteiger partial charge in [-0.05, 0) is 42.0 Å². The van der Waals surface area contributed by atoms with Gasteiger partial charge in [-0.2, -0.15) is 13.2 Å². The number of benzene rings is 3. The number of rotatable bonds is 10. The molecular formula is C27H25ClF3N5O7. The quantitative estimate of drug-likeness (QED) is 0.0741. The molecule has 43 heavy (non-hydrogen) atoms. The summed E-state index contributed by atoms with van der Waals surface area (Å²) in [7, 11) is 4.05. The number of hydrogen-bond acceptors (Lipinski definition) is 9. The number of carbonyl (C=O) groups excluding carboxylic acids is 3. The van der Waals surface area contributed by atoms with Crippen LogP contribution in [0.4, 0.5) is 18.9 Å². The van der Waals surface area contributed by atoms with Crippen molar-refractivity contribution in [2.24, 2.45) is 5.73 Å². The number of ether oxygens (including phenoxy) is 4. The van der Waals surface area contributed by atoms with Gasteiger partial charge in [-0.25, -0.2) is 4.79 Å². The van der Waals surface area contributed by atoms with E-state index in [4.69, 9.17) is 37.0 Å². The number of methoxy groups -OCH3 is 3. The van der Waals surface area contributed by atoms with Crippen LogP contribution in [-0.4, -0.2) is 51.1 Å². The molecule has 0 bridgehead atoms. The van der Waals surface area contributed by atoms with Gasteiger partial charge in [0, 0.05) is 11.8 Å². The van der Waals surface area contributed by atoms with Crippen molar-refractivity contribution in [3.63, 3.8) is 0 Å². The summed E-state index contributed by atoms with van der Waals surface area (Å²) in [6.07, 6.45) is -5.34. The number of anilines is 1. The number of nitrogen functional groups attached to an aromatic ring is 1. The van der Waals surface area contributed by atoms with Gasteiger partial charge in [0.2, 0.25) is 5.75 Å². The highest BCUT2D eigenvalue weighted by molar-refractivity contribution is 6.33. The molecule has 0 aliphatic heterocycles. The lowest BCUT2D eigenvalue weighted by Crippen LogP contribution is -2.45. The first kappa shape index (κ1) is 32.3. The minimum absolute atomic E-state index is 0.0405. The molecule has 2 amide bonds. The van der Waals surface area contributed by atoms with Crippen LogP contribution in [0.3, 0.4) is 0 Å². The fourth-order valence-corrected chi connectivity index (χ4v) is 3.94. The second-order valence-electron chi connectivity index (χ2n) is 8.47. The topological polar surface area (TPSA) is 174 Å². The maximum absolute atomic E-state index is 13.5. The first-order valence-electron chi connectivity index (χ1n) is 12.0. The Labute approximate surface area is 247 Å². The Hall–Kier alpha value is -5.18. The second kappa shape index (κ2) is 13.7. The Kier molecular flexibility index (Phi) is 10.3. The molecule has 0 spiro atoms. The highest BCUT2D eigenvalue weighted by Gasteiger charge is 2.42. The molecule has 0 saturated carbocycles. The van der Waals surface area contributed by atoms with E-state index in [0.717, 1.165) is 12.1 Å². The van der Waals surface area contributed by atoms with Crippen LogP contribution in [0.2, 0.25) is 5.02 Å². The number of hydrazine groups is 1. The number of hydrogen-bond donors (Lipinski definition) is 5. The monoisotopic (exact) mass is 623 g/mol. The largest absolute Gasteiger partial charge is 0.493 e. The van der Waals surface area contributed by atoms with E-state index in [1.165, 1.54) is 51.7 Å². The molecule has 228 valence electrons. The molecule has 16 heteroatoms. The molecule has 6 N–H and O–H groups in total. The molecule has 0 heterocycles. The molecule has 3 aromatic carbocycles. The number of alkyl halides is 3. The lowest BCUT2D eigenvalue weighted by Gasteiger charge is -2.23. The van der Waals surface area contributed by atoms with Crippen LogP contribution in [0.15, 0.2) is 54.6 Å². The smallest absolute Gasteiger partial charge is 0.491 e. The van der Waals surface area contributed by atoms with Gasteiger partial charge in [-0.1, -0.05) is 23.7 Å². The van der Waals surface area contributed by atoms with Gasteiger partial charge in [0.1, 0.15) is 17.6 Å². The number of amides is 2. The van der Waals surface area contributed by atoms with Crippen molar-refractivity contribution < 1.29 is 46.5 Å². The van der Waals surface area contributed by atoms with Gasteiger partial charge < -0.3 is 30.0 Å². The number of amidine groups is 1. The van der Waals surface area contributed by atoms with E-state index in [9.17, 15) is 27.6 Å². The summed E-state index contributed by atoms with van der Waals surface area (Å²) in [5.41, 5.74) is 9.85. The molecule has 3 rings (SSSR count). The van der Waals surface area contributed by atoms with Gasteiger partial charge in [0.15, 0.2) is 11.5 Å². The van der Waals surface area contributed by atoms with Crippen molar-refractivity contribution in [2.75, 3.05) is 26.6 Å². The van der Waals surface area contributed by atoms with Crippen molar-refractivity contribution in [1.29, 1.82) is 5.41 Å². The SMILES string of the molecule is COc1cc(C(Nc2ccc(C(=N)N)c(OC(=O)C(F)(F)F)c2)C(=O)NNC(=O)c2ccccc2Cl)cc(OC)c1OC. The molecule has 0 aliphatic rings. The van der Waals surface area contributed by atoms with Crippen molar-refractivity contribution in [3.8, 4) is 23.0 Å². The average molecular weight is 624 g/mol. The third kappa shape index (κ3) is 7.77. The van der Waals surface area contributed by atoms with E-state index in [2.05, 4.69) is 20.9 Å². The highest BCUT2D eigenvalue weighted by Crippen LogP contribution is 2.40. The van der Waals surface area contributed by atoms with Crippen molar-refractivity contribution in [2.45, 2.75) is 12.2 Å². The van der Waals surface area contributed by atoms with Crippen LogP contribution in [0.5, 0.6) is 23.0 Å². The zero-order chi connectivity index (χ0) is 31.9. The molecule has 3 aromatic rings. The van der Waals surface area contributed by atoms with Crippen LogP contribution in [0.25, 0.3) is 0 Å². The third-order valence-electron chi connectivity index (χ3n) is 5.72. The van der Waals surface area contributed by atoms with E-state index in [1.807, 2.05) is 0 Å². The van der Waals surface area contributed by atoms with Gasteiger partial charge in [0.25, 0.3) is 11.8 Å². The molecule has 1 unspecified atom stereocenters. The third-order valence-corrected chi connectivity index (χ3v) is 6.05. The van der Waals surface area contributed by atoms with Crippen molar-refractivity contribution in [1.82, 2.24) is 10.9 Å². The highest BCUT2D eigenvalue weighted by atomic mass is 35.5. The number of nitrogens with two attached hydrogens (primary N) is 1. The summed E-state index contributed by atoms with van der Waals surface area (Å²) in [6.45, 7) is 0. The van der Waals surface area contributed by atoms with Crippen LogP contribution >= 0.6 is 11.6 Å². The van der Waals surface area contributed by atoms with Crippen LogP contribution in [0, 0.1) is 5.41 Å². The Morgan fingerprint density at radius 2 is 1.51 bits per heavy atom. The van der Waals surface area contributed by atoms with Gasteiger partial charge in [0.05, 0.1) is 37.5 Å². The lowest BCUT2D eigenvalue weighted by molar-refractivity contribution is -0.189. The van der Waals surface area contributed by atoms with Gasteiger partial charge >= 0.3 is 12.1 Å². The first-order valence-corrected chi connectivity index (χ1v) is 12.4. The van der Waals surface area contributed by atoms with Crippen molar-refractivity contribution >= 4 is 40.9 Å². The number of esters is 1. The normalized spacial score (nSPS) is 11.5. The fourth-order valence-electron chi connectivity index (χ4n) is 3.71. The Balaban J connectivity index is 2.04. The van der Waals surface area contributed by atoms with Crippen LogP contribution in [-0.2, 0) is 9.59 Å². The summed E-state index contributed by atoms with van der Waals surface area (Å²) in [6, 6.07) is 10.9. The summed E-state index contributed by atoms with van der Waals surface area (Å²) in [5.74, 6) is -5.02. The Morgan fingerprint density at radius 3 is 2.05 bits per heavy atom. The van der Waals surface area contributed by atoms with E-state index >= 15 is 0 Å². The standard InChI is InChI=1S/C27H25ClF3N5O7/c1-40-19-10-13(11-20(41-2)22(19)42-3)21(25(38)36-35-24(37)15-6-4-5-7-17(15)28)34-14-8-9-16(23(32)33)18(12-14)43-26(39)27(29,30)31/h4-12,21,34H,1-3H3,(H3,32,33)(H,35,37)(H,36,38). The molecular weight excluding hydrogens is 599 g/mol. The minimum Gasteiger partial charge on any atom is -0.493 e. The predicted octanol–water partition coefficient (Wildman–Crippen LogP) is 3.73. The maximum atomic E-state index is 13.5. The number of carbonyl (C=O) groups is 3. The zero-order valence-electron chi connectivity index (χ0n) is 22.7. The minimum atomic E-state index is -5.34. The Bertz CT molecular complexity index is 1530. The van der Waals surface area contributed by atoms with Crippen LogP contribution < -0.4 is 40.8 Å². The fraction of sp³-hybridized carbons (Fsp3) is 0.185. The summed E-state index contributed by atoms with van der Waals surface area (Å²) in [5, 5.41) is 10.6. The molecule has 0 fully saturated rings. The van der Waals surface area contributed by atoms with Gasteiger partial charge in [-0.15, -0.1) is 0 Å². The average Bonchev–Trinajstić information content (AvgIpc) is 2.97. The summed E-state index contributed by atoms with van der Waals surface area (Å²) < 4.78 is 59.2. The number of nitrogens with one attached hydrogen (secondary N) is 4. The predicted molar refractivity (Wildman–Crippen MR) is 149 cm³/mol. The lowest BCUT2D eigenvalue weighted by atomic mass is 10.0. The van der Waals surface area contributed by atoms with E-state index in [0.29, 0.717) is 0 Å². The van der Waals surface area contributed by atoms with E-state index in [1.54, 1.807) is 12.1 Å². The molecule has 0 radical (unpaired) electrons. The van der Waals surface area contributed by atoms with Gasteiger partial charge in [-0.3, -0.25) is 25.8 Å². The first-order chi connectivity index (χ1) is 20.3. The maximum Gasteiger partial charge on any atom is 0.491 e. The molecule has 12 nitrogen and oxygen atoms in total. The second-order valence-corrected chi connectivity index (χ2v) is 8.88. The molecule has 0 saturated heterocycles. The zero-order valence-corrected chi connectivity index (χ0v) is 23.5. The summed E-state index contributed by atoms with van der Waals surface area (Å²) in [4.78, 5) is 37.6. The Morgan fingerprint density at radius 1 is 0.884 bits per heavy atom. The molecule has 1 atom stereocenters. The summed E-state index contributed by atoms with van der Waals surface area (Å²) >= 11 is 6.05. The number of halogens is 4. The van der Waals surface area contributed by atoms with Crippen LogP contribution in [0.1, 0.15) is 27.5 Å². The molecule has 0 aliphatic carbocycles. The van der Waals surface area contributed by atoms with E-state index in [-0.39, 0.29) is 44.6 Å². The van der Waals surface area contributed by atoms with E-state index < -0.39 is 41.6 Å².